The molecule has 0 radical (unpaired) electrons. The summed E-state index contributed by atoms with van der Waals surface area (Å²) in [7, 11) is 1.91. The molecule has 1 aromatic heterocycles. The van der Waals surface area contributed by atoms with Gasteiger partial charge in [-0.05, 0) is 5.92 Å². The summed E-state index contributed by atoms with van der Waals surface area (Å²) in [6.07, 6.45) is 1.87. The van der Waals surface area contributed by atoms with Crippen molar-refractivity contribution in [3.05, 3.63) is 6.20 Å². The topological polar surface area (TPSA) is 50.3 Å². The number of aryl methyl sites for hydroxylation is 1. The molecule has 5 nitrogen and oxygen atoms in total. The van der Waals surface area contributed by atoms with Crippen LogP contribution in [0.4, 0.5) is 11.5 Å². The lowest BCUT2D eigenvalue weighted by atomic mass is 10.2. The fraction of sp³-hybridized carbons (Fsp3) is 0.750. The summed E-state index contributed by atoms with van der Waals surface area (Å²) in [6, 6.07) is 0. The van der Waals surface area contributed by atoms with Gasteiger partial charge in [-0.25, -0.2) is 0 Å². The van der Waals surface area contributed by atoms with E-state index in [9.17, 15) is 0 Å². The van der Waals surface area contributed by atoms with Crippen LogP contribution in [0.1, 0.15) is 13.8 Å². The molecule has 5 heteroatoms. The Morgan fingerprint density at radius 2 is 1.94 bits per heavy atom. The average molecular weight is 237 g/mol. The zero-order valence-electron chi connectivity index (χ0n) is 11.1. The van der Waals surface area contributed by atoms with Gasteiger partial charge in [-0.15, -0.1) is 0 Å². The Kier molecular flexibility index (Phi) is 3.57. The molecule has 0 unspecified atom stereocenters. The van der Waals surface area contributed by atoms with E-state index in [2.05, 4.69) is 28.7 Å². The zero-order chi connectivity index (χ0) is 12.4. The lowest BCUT2D eigenvalue weighted by molar-refractivity contribution is 0.231. The molecular weight excluding hydrogens is 214 g/mol. The Bertz CT molecular complexity index is 363. The molecule has 1 aromatic rings. The van der Waals surface area contributed by atoms with Crippen LogP contribution < -0.4 is 10.6 Å². The van der Waals surface area contributed by atoms with Gasteiger partial charge in [0.1, 0.15) is 0 Å². The molecule has 0 spiro atoms. The van der Waals surface area contributed by atoms with Crippen molar-refractivity contribution in [2.75, 3.05) is 43.4 Å². The SMILES string of the molecule is CC(C)CN1CCN(c2nn(C)cc2N)CC1. The smallest absolute Gasteiger partial charge is 0.173 e. The van der Waals surface area contributed by atoms with Gasteiger partial charge in [0.15, 0.2) is 5.82 Å². The monoisotopic (exact) mass is 237 g/mol. The van der Waals surface area contributed by atoms with Crippen molar-refractivity contribution in [1.82, 2.24) is 14.7 Å². The molecule has 2 rings (SSSR count). The van der Waals surface area contributed by atoms with Gasteiger partial charge in [-0.1, -0.05) is 13.8 Å². The summed E-state index contributed by atoms with van der Waals surface area (Å²) in [5.41, 5.74) is 6.73. The molecule has 1 aliphatic rings. The van der Waals surface area contributed by atoms with E-state index in [1.54, 1.807) is 4.68 Å². The maximum atomic E-state index is 5.95. The highest BCUT2D eigenvalue weighted by Gasteiger charge is 2.20. The molecule has 0 atom stereocenters. The zero-order valence-corrected chi connectivity index (χ0v) is 11.1. The van der Waals surface area contributed by atoms with E-state index in [1.807, 2.05) is 13.2 Å². The Morgan fingerprint density at radius 3 is 2.41 bits per heavy atom. The molecular formula is C12H23N5. The maximum absolute atomic E-state index is 5.95. The average Bonchev–Trinajstić information content (AvgIpc) is 2.58. The van der Waals surface area contributed by atoms with Crippen molar-refractivity contribution in [2.24, 2.45) is 13.0 Å². The van der Waals surface area contributed by atoms with E-state index < -0.39 is 0 Å². The maximum Gasteiger partial charge on any atom is 0.173 e. The number of anilines is 2. The van der Waals surface area contributed by atoms with Crippen LogP contribution in [0.25, 0.3) is 0 Å². The summed E-state index contributed by atoms with van der Waals surface area (Å²) in [5.74, 6) is 1.68. The van der Waals surface area contributed by atoms with Crippen LogP contribution in [-0.4, -0.2) is 47.4 Å². The number of nitrogens with two attached hydrogens (primary N) is 1. The van der Waals surface area contributed by atoms with Gasteiger partial charge in [0.05, 0.1) is 5.69 Å². The first kappa shape index (κ1) is 12.2. The number of aromatic nitrogens is 2. The van der Waals surface area contributed by atoms with Crippen LogP contribution in [-0.2, 0) is 7.05 Å². The molecule has 1 aliphatic heterocycles. The van der Waals surface area contributed by atoms with Crippen LogP contribution in [0.15, 0.2) is 6.20 Å². The fourth-order valence-electron chi connectivity index (χ4n) is 2.40. The van der Waals surface area contributed by atoms with Gasteiger partial charge in [0.2, 0.25) is 0 Å². The normalized spacial score (nSPS) is 18.0. The number of nitrogens with zero attached hydrogens (tertiary/aromatic N) is 4. The highest BCUT2D eigenvalue weighted by Crippen LogP contribution is 2.21. The first-order valence-electron chi connectivity index (χ1n) is 6.32. The first-order valence-corrected chi connectivity index (χ1v) is 6.32. The van der Waals surface area contributed by atoms with Crippen LogP contribution in [0, 0.1) is 5.92 Å². The minimum Gasteiger partial charge on any atom is -0.394 e. The van der Waals surface area contributed by atoms with Crippen molar-refractivity contribution in [3.63, 3.8) is 0 Å². The first-order chi connectivity index (χ1) is 8.06. The van der Waals surface area contributed by atoms with E-state index in [-0.39, 0.29) is 0 Å². The van der Waals surface area contributed by atoms with E-state index >= 15 is 0 Å². The van der Waals surface area contributed by atoms with E-state index in [4.69, 9.17) is 5.73 Å². The third kappa shape index (κ3) is 2.91. The lowest BCUT2D eigenvalue weighted by Crippen LogP contribution is -2.47. The Morgan fingerprint density at radius 1 is 1.29 bits per heavy atom. The quantitative estimate of drug-likeness (QED) is 0.844. The van der Waals surface area contributed by atoms with Crippen molar-refractivity contribution in [3.8, 4) is 0 Å². The van der Waals surface area contributed by atoms with Crippen molar-refractivity contribution < 1.29 is 0 Å². The summed E-state index contributed by atoms with van der Waals surface area (Å²) in [6.45, 7) is 9.97. The number of nitrogen functional groups attached to an aromatic ring is 1. The summed E-state index contributed by atoms with van der Waals surface area (Å²) < 4.78 is 1.78. The molecule has 1 saturated heterocycles. The standard InChI is InChI=1S/C12H23N5/c1-10(2)8-16-4-6-17(7-5-16)12-11(13)9-15(3)14-12/h9-10H,4-8,13H2,1-3H3. The number of hydrogen-bond donors (Lipinski definition) is 1. The van der Waals surface area contributed by atoms with Gasteiger partial charge in [-0.3, -0.25) is 9.58 Å². The van der Waals surface area contributed by atoms with Crippen molar-refractivity contribution >= 4 is 11.5 Å². The van der Waals surface area contributed by atoms with Crippen LogP contribution in [0.2, 0.25) is 0 Å². The summed E-state index contributed by atoms with van der Waals surface area (Å²) in [4.78, 5) is 4.80. The third-order valence-corrected chi connectivity index (χ3v) is 3.13. The van der Waals surface area contributed by atoms with Crippen LogP contribution >= 0.6 is 0 Å². The molecule has 2 heterocycles. The Labute approximate surface area is 103 Å². The number of piperazine rings is 1. The predicted molar refractivity (Wildman–Crippen MR) is 71.1 cm³/mol. The Balaban J connectivity index is 1.93. The molecule has 0 aliphatic carbocycles. The largest absolute Gasteiger partial charge is 0.394 e. The van der Waals surface area contributed by atoms with Gasteiger partial charge >= 0.3 is 0 Å². The fourth-order valence-corrected chi connectivity index (χ4v) is 2.40. The summed E-state index contributed by atoms with van der Waals surface area (Å²) in [5, 5.41) is 4.42. The minimum absolute atomic E-state index is 0.737. The molecule has 0 amide bonds. The molecule has 2 N–H and O–H groups in total. The second kappa shape index (κ2) is 4.96. The molecule has 17 heavy (non-hydrogen) atoms. The van der Waals surface area contributed by atoms with Crippen LogP contribution in [0.5, 0.6) is 0 Å². The molecule has 0 aromatic carbocycles. The molecule has 96 valence electrons. The summed E-state index contributed by atoms with van der Waals surface area (Å²) >= 11 is 0. The molecule has 0 saturated carbocycles. The van der Waals surface area contributed by atoms with Gasteiger partial charge in [0, 0.05) is 46.0 Å². The van der Waals surface area contributed by atoms with Crippen molar-refractivity contribution in [1.29, 1.82) is 0 Å². The molecule has 1 fully saturated rings. The highest BCUT2D eigenvalue weighted by atomic mass is 15.4. The highest BCUT2D eigenvalue weighted by molar-refractivity contribution is 5.61. The molecule has 0 bridgehead atoms. The van der Waals surface area contributed by atoms with E-state index in [0.29, 0.717) is 0 Å². The van der Waals surface area contributed by atoms with Crippen LogP contribution in [0.3, 0.4) is 0 Å². The van der Waals surface area contributed by atoms with Gasteiger partial charge < -0.3 is 10.6 Å². The third-order valence-electron chi connectivity index (χ3n) is 3.13. The van der Waals surface area contributed by atoms with Gasteiger partial charge in [0.25, 0.3) is 0 Å². The number of hydrogen-bond acceptors (Lipinski definition) is 4. The lowest BCUT2D eigenvalue weighted by Gasteiger charge is -2.35. The second-order valence-corrected chi connectivity index (χ2v) is 5.26. The predicted octanol–water partition coefficient (Wildman–Crippen LogP) is 0.780. The number of rotatable bonds is 3. The van der Waals surface area contributed by atoms with E-state index in [0.717, 1.165) is 43.6 Å². The van der Waals surface area contributed by atoms with E-state index in [1.165, 1.54) is 6.54 Å². The van der Waals surface area contributed by atoms with Crippen molar-refractivity contribution in [2.45, 2.75) is 13.8 Å². The Hall–Kier alpha value is -1.23. The van der Waals surface area contributed by atoms with Gasteiger partial charge in [-0.2, -0.15) is 5.10 Å². The second-order valence-electron chi connectivity index (χ2n) is 5.26. The minimum atomic E-state index is 0.737.